The lowest BCUT2D eigenvalue weighted by Crippen LogP contribution is -2.16. The number of alkyl halides is 1. The van der Waals surface area contributed by atoms with E-state index in [1.165, 1.54) is 13.0 Å². The molecule has 1 atom stereocenters. The predicted molar refractivity (Wildman–Crippen MR) is 32.9 cm³/mol. The van der Waals surface area contributed by atoms with Crippen molar-refractivity contribution in [2.45, 2.75) is 25.9 Å². The lowest BCUT2D eigenvalue weighted by molar-refractivity contribution is -0.112. The molecule has 1 rings (SSSR count). The summed E-state index contributed by atoms with van der Waals surface area (Å²) in [5.74, 6) is -0.0487. The van der Waals surface area contributed by atoms with Crippen LogP contribution in [0, 0.1) is 0 Å². The molecule has 0 radical (unpaired) electrons. The molecule has 1 nitrogen and oxygen atoms in total. The summed E-state index contributed by atoms with van der Waals surface area (Å²) in [4.78, 5) is 10.3. The highest BCUT2D eigenvalue weighted by atomic mass is 19.1. The van der Waals surface area contributed by atoms with E-state index >= 15 is 0 Å². The molecule has 0 bridgehead atoms. The van der Waals surface area contributed by atoms with Crippen LogP contribution >= 0.6 is 0 Å². The summed E-state index contributed by atoms with van der Waals surface area (Å²) in [6.45, 7) is 1.44. The van der Waals surface area contributed by atoms with Gasteiger partial charge in [0.1, 0.15) is 6.17 Å². The van der Waals surface area contributed by atoms with Crippen molar-refractivity contribution in [2.24, 2.45) is 0 Å². The van der Waals surface area contributed by atoms with Gasteiger partial charge < -0.3 is 0 Å². The van der Waals surface area contributed by atoms with Crippen molar-refractivity contribution in [1.29, 1.82) is 0 Å². The number of halogens is 1. The highest BCUT2D eigenvalue weighted by Crippen LogP contribution is 2.28. The molecule has 0 aromatic rings. The van der Waals surface area contributed by atoms with E-state index in [2.05, 4.69) is 0 Å². The Kier molecular flexibility index (Phi) is 1.65. The highest BCUT2D eigenvalue weighted by Gasteiger charge is 2.22. The Balaban J connectivity index is 2.51. The van der Waals surface area contributed by atoms with Crippen molar-refractivity contribution < 1.29 is 9.18 Å². The SMILES string of the molecule is CC(=O)/C=C1/CCC1F. The van der Waals surface area contributed by atoms with Gasteiger partial charge in [-0.3, -0.25) is 4.79 Å². The number of rotatable bonds is 1. The number of hydrogen-bond donors (Lipinski definition) is 0. The third-order valence-electron chi connectivity index (χ3n) is 1.48. The zero-order valence-electron chi connectivity index (χ0n) is 5.36. The van der Waals surface area contributed by atoms with E-state index < -0.39 is 6.17 Å². The summed E-state index contributed by atoms with van der Waals surface area (Å²) < 4.78 is 12.3. The average Bonchev–Trinajstić information content (AvgIpc) is 1.79. The quantitative estimate of drug-likeness (QED) is 0.490. The minimum Gasteiger partial charge on any atom is -0.295 e. The Hall–Kier alpha value is -0.660. The first-order chi connectivity index (χ1) is 4.20. The molecular formula is C7H9FO. The molecule has 50 valence electrons. The fraction of sp³-hybridized carbons (Fsp3) is 0.571. The average molecular weight is 128 g/mol. The van der Waals surface area contributed by atoms with Gasteiger partial charge in [0.15, 0.2) is 5.78 Å². The van der Waals surface area contributed by atoms with E-state index in [-0.39, 0.29) is 5.78 Å². The van der Waals surface area contributed by atoms with Gasteiger partial charge in [0, 0.05) is 0 Å². The third kappa shape index (κ3) is 1.37. The molecular weight excluding hydrogens is 119 g/mol. The van der Waals surface area contributed by atoms with Gasteiger partial charge in [-0.25, -0.2) is 4.39 Å². The number of ketones is 1. The smallest absolute Gasteiger partial charge is 0.152 e. The van der Waals surface area contributed by atoms with E-state index in [4.69, 9.17) is 0 Å². The lowest BCUT2D eigenvalue weighted by atomic mass is 9.89. The van der Waals surface area contributed by atoms with Gasteiger partial charge in [-0.1, -0.05) is 0 Å². The second-order valence-corrected chi connectivity index (χ2v) is 2.34. The van der Waals surface area contributed by atoms with Crippen LogP contribution in [0.3, 0.4) is 0 Å². The summed E-state index contributed by atoms with van der Waals surface area (Å²) in [7, 11) is 0. The number of allylic oxidation sites excluding steroid dienone is 2. The Morgan fingerprint density at radius 2 is 2.56 bits per heavy atom. The van der Waals surface area contributed by atoms with Crippen LogP contribution in [0.25, 0.3) is 0 Å². The van der Waals surface area contributed by atoms with Crippen molar-refractivity contribution in [3.05, 3.63) is 11.6 Å². The first-order valence-corrected chi connectivity index (χ1v) is 3.05. The van der Waals surface area contributed by atoms with Crippen molar-refractivity contribution in [1.82, 2.24) is 0 Å². The van der Waals surface area contributed by atoms with Crippen LogP contribution in [0.2, 0.25) is 0 Å². The summed E-state index contributed by atoms with van der Waals surface area (Å²) >= 11 is 0. The Morgan fingerprint density at radius 3 is 2.67 bits per heavy atom. The first-order valence-electron chi connectivity index (χ1n) is 3.05. The molecule has 0 N–H and O–H groups in total. The summed E-state index contributed by atoms with van der Waals surface area (Å²) in [5, 5.41) is 0. The minimum absolute atomic E-state index is 0.0487. The fourth-order valence-electron chi connectivity index (χ4n) is 0.844. The molecule has 0 spiro atoms. The van der Waals surface area contributed by atoms with Crippen LogP contribution in [-0.4, -0.2) is 12.0 Å². The molecule has 1 fully saturated rings. The topological polar surface area (TPSA) is 17.1 Å². The second-order valence-electron chi connectivity index (χ2n) is 2.34. The molecule has 1 unspecified atom stereocenters. The van der Waals surface area contributed by atoms with Crippen LogP contribution in [0.5, 0.6) is 0 Å². The maximum atomic E-state index is 12.3. The van der Waals surface area contributed by atoms with Crippen LogP contribution in [0.15, 0.2) is 11.6 Å². The van der Waals surface area contributed by atoms with Gasteiger partial charge in [0.2, 0.25) is 0 Å². The number of carbonyl (C=O) groups excluding carboxylic acids is 1. The standard InChI is InChI=1S/C7H9FO/c1-5(9)4-6-2-3-7(6)8/h4,7H,2-3H2,1H3/b6-4-. The van der Waals surface area contributed by atoms with Gasteiger partial charge >= 0.3 is 0 Å². The summed E-state index contributed by atoms with van der Waals surface area (Å²) in [6, 6.07) is 0. The van der Waals surface area contributed by atoms with Gasteiger partial charge in [-0.05, 0) is 31.4 Å². The van der Waals surface area contributed by atoms with Crippen molar-refractivity contribution in [2.75, 3.05) is 0 Å². The van der Waals surface area contributed by atoms with Gasteiger partial charge in [-0.15, -0.1) is 0 Å². The predicted octanol–water partition coefficient (Wildman–Crippen LogP) is 1.63. The largest absolute Gasteiger partial charge is 0.295 e. The van der Waals surface area contributed by atoms with Crippen LogP contribution < -0.4 is 0 Å². The van der Waals surface area contributed by atoms with Crippen LogP contribution in [0.4, 0.5) is 4.39 Å². The second kappa shape index (κ2) is 2.29. The first kappa shape index (κ1) is 6.46. The Bertz CT molecular complexity index is 160. The molecule has 1 aliphatic rings. The van der Waals surface area contributed by atoms with E-state index in [1.807, 2.05) is 0 Å². The maximum absolute atomic E-state index is 12.3. The molecule has 0 amide bonds. The third-order valence-corrected chi connectivity index (χ3v) is 1.48. The zero-order valence-corrected chi connectivity index (χ0v) is 5.36. The lowest BCUT2D eigenvalue weighted by Gasteiger charge is -2.21. The zero-order chi connectivity index (χ0) is 6.85. The summed E-state index contributed by atoms with van der Waals surface area (Å²) in [5.41, 5.74) is 0.669. The molecule has 2 heteroatoms. The van der Waals surface area contributed by atoms with Gasteiger partial charge in [0.05, 0.1) is 0 Å². The van der Waals surface area contributed by atoms with E-state index in [0.717, 1.165) is 6.42 Å². The summed E-state index contributed by atoms with van der Waals surface area (Å²) in [6.07, 6.45) is 1.93. The molecule has 0 aromatic heterocycles. The number of carbonyl (C=O) groups is 1. The molecule has 1 saturated carbocycles. The van der Waals surface area contributed by atoms with Crippen LogP contribution in [-0.2, 0) is 4.79 Å². The minimum atomic E-state index is -0.825. The highest BCUT2D eigenvalue weighted by molar-refractivity contribution is 5.88. The molecule has 1 aliphatic carbocycles. The van der Waals surface area contributed by atoms with E-state index in [9.17, 15) is 9.18 Å². The van der Waals surface area contributed by atoms with E-state index in [0.29, 0.717) is 12.0 Å². The van der Waals surface area contributed by atoms with Crippen LogP contribution in [0.1, 0.15) is 19.8 Å². The maximum Gasteiger partial charge on any atom is 0.152 e. The Morgan fingerprint density at radius 1 is 1.89 bits per heavy atom. The van der Waals surface area contributed by atoms with Gasteiger partial charge in [0.25, 0.3) is 0 Å². The monoisotopic (exact) mass is 128 g/mol. The van der Waals surface area contributed by atoms with Crippen molar-refractivity contribution >= 4 is 5.78 Å². The van der Waals surface area contributed by atoms with E-state index in [1.54, 1.807) is 0 Å². The van der Waals surface area contributed by atoms with Gasteiger partial charge in [-0.2, -0.15) is 0 Å². The molecule has 9 heavy (non-hydrogen) atoms. The fourth-order valence-corrected chi connectivity index (χ4v) is 0.844. The molecule has 0 saturated heterocycles. The molecule has 0 aromatic carbocycles. The molecule has 0 heterocycles. The number of hydrogen-bond acceptors (Lipinski definition) is 1. The van der Waals surface area contributed by atoms with Crippen molar-refractivity contribution in [3.63, 3.8) is 0 Å². The molecule has 0 aliphatic heterocycles. The van der Waals surface area contributed by atoms with Crippen molar-refractivity contribution in [3.8, 4) is 0 Å². The normalized spacial score (nSPS) is 30.0. The Labute approximate surface area is 53.6 Å².